The molecular weight excluding hydrogens is 474 g/mol. The Balaban J connectivity index is 1.29. The van der Waals surface area contributed by atoms with Gasteiger partial charge in [-0.1, -0.05) is 32.0 Å². The molecule has 1 saturated carbocycles. The van der Waals surface area contributed by atoms with Crippen molar-refractivity contribution in [2.75, 3.05) is 24.5 Å². The molecule has 1 atom stereocenters. The zero-order chi connectivity index (χ0) is 26.6. The van der Waals surface area contributed by atoms with Crippen LogP contribution in [0.5, 0.6) is 0 Å². The molecule has 1 aliphatic carbocycles. The first-order valence-corrected chi connectivity index (χ1v) is 13.9. The zero-order valence-electron chi connectivity index (χ0n) is 22.9. The van der Waals surface area contributed by atoms with E-state index in [9.17, 15) is 10.1 Å². The van der Waals surface area contributed by atoms with Crippen LogP contribution in [0.3, 0.4) is 0 Å². The first kappa shape index (κ1) is 24.9. The zero-order valence-corrected chi connectivity index (χ0v) is 22.9. The molecule has 1 aromatic carbocycles. The fourth-order valence-corrected chi connectivity index (χ4v) is 6.22. The summed E-state index contributed by atoms with van der Waals surface area (Å²) in [6.07, 6.45) is 5.03. The van der Waals surface area contributed by atoms with Gasteiger partial charge in [0.15, 0.2) is 0 Å². The summed E-state index contributed by atoms with van der Waals surface area (Å²) in [5.41, 5.74) is 4.87. The highest BCUT2D eigenvalue weighted by atomic mass is 16.5. The molecule has 0 N–H and O–H groups in total. The number of ether oxygens (including phenoxy) is 1. The lowest BCUT2D eigenvalue weighted by molar-refractivity contribution is -0.135. The number of pyridine rings is 1. The van der Waals surface area contributed by atoms with Crippen molar-refractivity contribution in [1.29, 1.82) is 5.26 Å². The van der Waals surface area contributed by atoms with Gasteiger partial charge in [0.1, 0.15) is 18.4 Å². The van der Waals surface area contributed by atoms with E-state index in [0.717, 1.165) is 52.8 Å². The molecule has 2 aliphatic heterocycles. The molecule has 7 nitrogen and oxygen atoms in total. The Labute approximate surface area is 225 Å². The summed E-state index contributed by atoms with van der Waals surface area (Å²) in [6, 6.07) is 12.8. The third-order valence-electron chi connectivity index (χ3n) is 8.50. The number of aromatic nitrogens is 2. The third-order valence-corrected chi connectivity index (χ3v) is 8.50. The molecule has 0 bridgehead atoms. The Hall–Kier alpha value is -3.37. The summed E-state index contributed by atoms with van der Waals surface area (Å²) in [5.74, 6) is 1.70. The summed E-state index contributed by atoms with van der Waals surface area (Å²) in [5, 5.41) is 11.5. The van der Waals surface area contributed by atoms with Crippen molar-refractivity contribution in [3.05, 3.63) is 58.9 Å². The van der Waals surface area contributed by atoms with E-state index in [1.165, 1.54) is 0 Å². The van der Waals surface area contributed by atoms with Crippen LogP contribution < -0.4 is 4.90 Å². The summed E-state index contributed by atoms with van der Waals surface area (Å²) >= 11 is 0. The molecule has 198 valence electrons. The first-order chi connectivity index (χ1) is 18.3. The maximum atomic E-state index is 13.6. The highest BCUT2D eigenvalue weighted by Gasteiger charge is 2.39. The molecule has 0 radical (unpaired) electrons. The first-order valence-electron chi connectivity index (χ1n) is 13.9. The van der Waals surface area contributed by atoms with Gasteiger partial charge >= 0.3 is 0 Å². The molecule has 0 spiro atoms. The number of nitrogens with zero attached hydrogens (tertiary/aromatic N) is 5. The average molecular weight is 512 g/mol. The number of benzene rings is 1. The predicted octanol–water partition coefficient (Wildman–Crippen LogP) is 5.01. The van der Waals surface area contributed by atoms with Gasteiger partial charge in [0.2, 0.25) is 5.91 Å². The van der Waals surface area contributed by atoms with Gasteiger partial charge in [-0.2, -0.15) is 5.26 Å². The van der Waals surface area contributed by atoms with E-state index in [-0.39, 0.29) is 23.5 Å². The number of fused-ring (bicyclic) bond motifs is 2. The highest BCUT2D eigenvalue weighted by molar-refractivity contribution is 5.83. The number of amides is 1. The van der Waals surface area contributed by atoms with Crippen LogP contribution in [0, 0.1) is 17.2 Å². The molecule has 6 rings (SSSR count). The molecule has 3 aromatic rings. The molecule has 2 aromatic heterocycles. The van der Waals surface area contributed by atoms with E-state index < -0.39 is 0 Å². The number of rotatable bonds is 5. The molecular formula is C31H37N5O2. The Morgan fingerprint density at radius 2 is 1.97 bits per heavy atom. The minimum Gasteiger partial charge on any atom is -0.370 e. The van der Waals surface area contributed by atoms with E-state index in [0.29, 0.717) is 44.3 Å². The predicted molar refractivity (Wildman–Crippen MR) is 148 cm³/mol. The molecule has 2 fully saturated rings. The molecule has 4 heterocycles. The second kappa shape index (κ2) is 9.43. The molecule has 0 unspecified atom stereocenters. The van der Waals surface area contributed by atoms with Crippen LogP contribution in [0.1, 0.15) is 68.8 Å². The van der Waals surface area contributed by atoms with Crippen molar-refractivity contribution >= 4 is 22.6 Å². The lowest BCUT2D eigenvalue weighted by atomic mass is 9.87. The standard InChI is InChI=1S/C31H37N5O2/c1-20(2)27-17-35(13-14-36(27)28(37)18-34-12-11-21-7-5-6-8-26(21)34)30-24(16-32)23-15-31(3,4)38-19-25(23)29(33-30)22-9-10-22/h5-8,11-12,20,22,27H,9-10,13-15,17-19H2,1-4H3/t27-/m0/s1. The topological polar surface area (TPSA) is 74.4 Å². The van der Waals surface area contributed by atoms with Crippen LogP contribution >= 0.6 is 0 Å². The normalized spacial score (nSPS) is 21.0. The molecule has 3 aliphatic rings. The van der Waals surface area contributed by atoms with Gasteiger partial charge in [0.25, 0.3) is 0 Å². The smallest absolute Gasteiger partial charge is 0.242 e. The minimum atomic E-state index is -0.299. The molecule has 1 amide bonds. The van der Waals surface area contributed by atoms with E-state index >= 15 is 0 Å². The Kier molecular flexibility index (Phi) is 6.19. The highest BCUT2D eigenvalue weighted by Crippen LogP contribution is 2.46. The second-order valence-corrected chi connectivity index (χ2v) is 12.1. The van der Waals surface area contributed by atoms with Crippen LogP contribution in [0.15, 0.2) is 36.5 Å². The molecule has 7 heteroatoms. The van der Waals surface area contributed by atoms with Gasteiger partial charge in [-0.3, -0.25) is 4.79 Å². The quantitative estimate of drug-likeness (QED) is 0.481. The third kappa shape index (κ3) is 4.45. The van der Waals surface area contributed by atoms with Crippen LogP contribution in [-0.4, -0.2) is 51.6 Å². The number of hydrogen-bond donors (Lipinski definition) is 0. The van der Waals surface area contributed by atoms with Crippen molar-refractivity contribution in [3.63, 3.8) is 0 Å². The lowest BCUT2D eigenvalue weighted by Gasteiger charge is -2.44. The van der Waals surface area contributed by atoms with E-state index in [1.54, 1.807) is 0 Å². The number of hydrogen-bond acceptors (Lipinski definition) is 5. The largest absolute Gasteiger partial charge is 0.370 e. The lowest BCUT2D eigenvalue weighted by Crippen LogP contribution is -2.58. The molecule has 1 saturated heterocycles. The van der Waals surface area contributed by atoms with Crippen LogP contribution in [0.4, 0.5) is 5.82 Å². The summed E-state index contributed by atoms with van der Waals surface area (Å²) < 4.78 is 8.19. The van der Waals surface area contributed by atoms with E-state index in [1.807, 2.05) is 22.9 Å². The van der Waals surface area contributed by atoms with Crippen molar-refractivity contribution < 1.29 is 9.53 Å². The maximum absolute atomic E-state index is 13.6. The van der Waals surface area contributed by atoms with Crippen molar-refractivity contribution in [2.24, 2.45) is 5.92 Å². The van der Waals surface area contributed by atoms with Gasteiger partial charge in [0.05, 0.1) is 29.5 Å². The number of nitriles is 1. The van der Waals surface area contributed by atoms with Crippen molar-refractivity contribution in [1.82, 2.24) is 14.5 Å². The summed E-state index contributed by atoms with van der Waals surface area (Å²) in [7, 11) is 0. The number of anilines is 1. The van der Waals surface area contributed by atoms with Crippen LogP contribution in [-0.2, 0) is 29.1 Å². The maximum Gasteiger partial charge on any atom is 0.242 e. The van der Waals surface area contributed by atoms with Crippen LogP contribution in [0.25, 0.3) is 10.9 Å². The number of piperazine rings is 1. The summed E-state index contributed by atoms with van der Waals surface area (Å²) in [6.45, 7) is 11.4. The summed E-state index contributed by atoms with van der Waals surface area (Å²) in [4.78, 5) is 23.1. The SMILES string of the molecule is CC(C)[C@@H]1CN(c2nc(C3CC3)c3c(c2C#N)CC(C)(C)OC3)CCN1C(=O)Cn1ccc2ccccc21. The number of carbonyl (C=O) groups is 1. The van der Waals surface area contributed by atoms with Gasteiger partial charge < -0.3 is 19.1 Å². The van der Waals surface area contributed by atoms with Crippen LogP contribution in [0.2, 0.25) is 0 Å². The Bertz CT molecular complexity index is 1430. The van der Waals surface area contributed by atoms with Gasteiger partial charge in [0, 0.05) is 49.2 Å². The van der Waals surface area contributed by atoms with E-state index in [4.69, 9.17) is 9.72 Å². The van der Waals surface area contributed by atoms with Gasteiger partial charge in [-0.05, 0) is 55.7 Å². The fourth-order valence-electron chi connectivity index (χ4n) is 6.22. The minimum absolute atomic E-state index is 0.0478. The monoisotopic (exact) mass is 511 g/mol. The molecule has 38 heavy (non-hydrogen) atoms. The Morgan fingerprint density at radius 1 is 1.18 bits per heavy atom. The van der Waals surface area contributed by atoms with Crippen molar-refractivity contribution in [2.45, 2.75) is 77.7 Å². The fraction of sp³-hybridized carbons (Fsp3) is 0.516. The second-order valence-electron chi connectivity index (χ2n) is 12.1. The number of para-hydroxylation sites is 1. The average Bonchev–Trinajstić information content (AvgIpc) is 3.67. The van der Waals surface area contributed by atoms with Gasteiger partial charge in [-0.15, -0.1) is 0 Å². The van der Waals surface area contributed by atoms with Gasteiger partial charge in [-0.25, -0.2) is 4.98 Å². The van der Waals surface area contributed by atoms with E-state index in [2.05, 4.69) is 61.8 Å². The van der Waals surface area contributed by atoms with Crippen molar-refractivity contribution in [3.8, 4) is 6.07 Å². The Morgan fingerprint density at radius 3 is 2.71 bits per heavy atom. The number of carbonyl (C=O) groups excluding carboxylic acids is 1.